The van der Waals surface area contributed by atoms with Crippen molar-refractivity contribution in [2.45, 2.75) is 41.6 Å². The van der Waals surface area contributed by atoms with Gasteiger partial charge in [0.25, 0.3) is 0 Å². The van der Waals surface area contributed by atoms with E-state index in [0.29, 0.717) is 40.6 Å². The Morgan fingerprint density at radius 2 is 1.77 bits per heavy atom. The number of nitrogens with zero attached hydrogens (tertiary/aromatic N) is 2. The number of thiophene rings is 1. The third-order valence-corrected chi connectivity index (χ3v) is 9.64. The van der Waals surface area contributed by atoms with Gasteiger partial charge in [0.1, 0.15) is 15.7 Å². The zero-order valence-corrected chi connectivity index (χ0v) is 25.9. The maximum Gasteiger partial charge on any atom is 0.490 e. The second-order valence-corrected chi connectivity index (χ2v) is 13.4. The molecule has 2 aromatic carbocycles. The summed E-state index contributed by atoms with van der Waals surface area (Å²) in [5.74, 6) is -2.53. The van der Waals surface area contributed by atoms with Crippen molar-refractivity contribution in [3.63, 3.8) is 0 Å². The lowest BCUT2D eigenvalue weighted by Gasteiger charge is -2.10. The molecule has 3 N–H and O–H groups in total. The lowest BCUT2D eigenvalue weighted by molar-refractivity contribution is -0.192. The summed E-state index contributed by atoms with van der Waals surface area (Å²) in [6.07, 6.45) is -4.20. The number of ether oxygens (including phenoxy) is 2. The topological polar surface area (TPSA) is 151 Å². The Morgan fingerprint density at radius 3 is 2.36 bits per heavy atom. The molecule has 0 aliphatic rings. The molecule has 0 saturated carbocycles. The van der Waals surface area contributed by atoms with Crippen molar-refractivity contribution in [2.75, 3.05) is 20.8 Å². The number of carboxylic acid groups (broad SMARTS) is 1. The van der Waals surface area contributed by atoms with Crippen LogP contribution in [0.3, 0.4) is 0 Å². The van der Waals surface area contributed by atoms with Gasteiger partial charge >= 0.3 is 12.1 Å². The number of fused-ring (bicyclic) bond motifs is 1. The van der Waals surface area contributed by atoms with E-state index in [4.69, 9.17) is 41.8 Å². The number of hydrogen-bond donors (Lipinski definition) is 2. The highest BCUT2D eigenvalue weighted by atomic mass is 35.5. The molecule has 4 aromatic rings. The number of hydrogen-bond acceptors (Lipinski definition) is 9. The lowest BCUT2D eigenvalue weighted by Crippen LogP contribution is -2.34. The van der Waals surface area contributed by atoms with E-state index in [-0.39, 0.29) is 22.4 Å². The molecule has 16 heteroatoms. The van der Waals surface area contributed by atoms with Gasteiger partial charge in [-0.15, -0.1) is 11.3 Å². The zero-order chi connectivity index (χ0) is 32.7. The molecule has 0 bridgehead atoms. The molecule has 0 radical (unpaired) electrons. The number of carbonyl (C=O) groups excluding carboxylic acids is 1. The van der Waals surface area contributed by atoms with E-state index >= 15 is 0 Å². The van der Waals surface area contributed by atoms with Gasteiger partial charge in [-0.05, 0) is 41.8 Å². The van der Waals surface area contributed by atoms with Crippen LogP contribution in [0.1, 0.15) is 23.2 Å². The number of benzene rings is 2. The molecule has 4 rings (SSSR count). The number of nitrogens with two attached hydrogens (primary N) is 1. The molecule has 0 aliphatic heterocycles. The van der Waals surface area contributed by atoms with Gasteiger partial charge in [0.2, 0.25) is 0 Å². The third kappa shape index (κ3) is 9.25. The molecule has 1 atom stereocenters. The molecule has 2 aromatic heterocycles. The highest BCUT2D eigenvalue weighted by molar-refractivity contribution is 7.92. The first-order valence-electron chi connectivity index (χ1n) is 12.8. The monoisotopic (exact) mass is 675 g/mol. The Hall–Kier alpha value is -3.50. The van der Waals surface area contributed by atoms with Gasteiger partial charge in [0.05, 0.1) is 47.2 Å². The number of rotatable bonds is 12. The second kappa shape index (κ2) is 15.0. The summed E-state index contributed by atoms with van der Waals surface area (Å²) in [6.45, 7) is 0.617. The number of halogens is 4. The zero-order valence-electron chi connectivity index (χ0n) is 23.5. The van der Waals surface area contributed by atoms with Crippen LogP contribution in [0.4, 0.5) is 13.2 Å². The maximum atomic E-state index is 13.1. The summed E-state index contributed by atoms with van der Waals surface area (Å²) in [5, 5.41) is 12.5. The number of alkyl halides is 3. The van der Waals surface area contributed by atoms with Gasteiger partial charge in [0.15, 0.2) is 15.6 Å². The van der Waals surface area contributed by atoms with Crippen molar-refractivity contribution in [3.05, 3.63) is 75.8 Å². The predicted molar refractivity (Wildman–Crippen MR) is 159 cm³/mol. The highest BCUT2D eigenvalue weighted by Crippen LogP contribution is 2.33. The number of sulfone groups is 1. The quantitative estimate of drug-likeness (QED) is 0.214. The Bertz CT molecular complexity index is 1720. The van der Waals surface area contributed by atoms with Crippen molar-refractivity contribution >= 4 is 55.4 Å². The van der Waals surface area contributed by atoms with Crippen LogP contribution in [0.2, 0.25) is 4.34 Å². The van der Waals surface area contributed by atoms with E-state index < -0.39 is 28.0 Å². The second-order valence-electron chi connectivity index (χ2n) is 9.43. The number of ketones is 1. The van der Waals surface area contributed by atoms with Crippen LogP contribution < -0.4 is 10.5 Å². The molecule has 0 aliphatic carbocycles. The average molecular weight is 676 g/mol. The first-order chi connectivity index (χ1) is 20.7. The van der Waals surface area contributed by atoms with Crippen LogP contribution in [-0.2, 0) is 42.9 Å². The molecule has 2 heterocycles. The normalized spacial score (nSPS) is 12.4. The van der Waals surface area contributed by atoms with E-state index in [1.54, 1.807) is 23.9 Å². The van der Waals surface area contributed by atoms with E-state index in [9.17, 15) is 26.4 Å². The first-order valence-corrected chi connectivity index (χ1v) is 15.7. The SMILES string of the molecule is COCC(N)C(=O)CCc1cccc(Cn2nc(CS(=O)(=O)c3ccc(Cl)s3)c3c(OC)cccc32)c1.O=C(O)C(F)(F)F. The van der Waals surface area contributed by atoms with E-state index in [1.165, 1.54) is 13.2 Å². The number of Topliss-reactive ketones (excluding diaryl/α,β-unsaturated/α-hetero) is 1. The van der Waals surface area contributed by atoms with Crippen molar-refractivity contribution in [1.29, 1.82) is 0 Å². The van der Waals surface area contributed by atoms with Crippen molar-refractivity contribution in [3.8, 4) is 5.75 Å². The summed E-state index contributed by atoms with van der Waals surface area (Å²) in [4.78, 5) is 21.1. The summed E-state index contributed by atoms with van der Waals surface area (Å²) in [6, 6.07) is 15.9. The lowest BCUT2D eigenvalue weighted by atomic mass is 10.0. The highest BCUT2D eigenvalue weighted by Gasteiger charge is 2.38. The fraction of sp³-hybridized carbons (Fsp3) is 0.321. The van der Waals surface area contributed by atoms with E-state index in [2.05, 4.69) is 0 Å². The fourth-order valence-electron chi connectivity index (χ4n) is 4.16. The predicted octanol–water partition coefficient (Wildman–Crippen LogP) is 4.89. The van der Waals surface area contributed by atoms with Crippen LogP contribution in [0, 0.1) is 0 Å². The summed E-state index contributed by atoms with van der Waals surface area (Å²) < 4.78 is 70.8. The van der Waals surface area contributed by atoms with Crippen molar-refractivity contribution in [1.82, 2.24) is 9.78 Å². The third-order valence-electron chi connectivity index (χ3n) is 6.20. The Kier molecular flexibility index (Phi) is 11.9. The molecule has 1 unspecified atom stereocenters. The fourth-order valence-corrected chi connectivity index (χ4v) is 7.01. The van der Waals surface area contributed by atoms with Gasteiger partial charge in [-0.3, -0.25) is 9.48 Å². The molecule has 0 amide bonds. The number of carboxylic acids is 1. The van der Waals surface area contributed by atoms with Crippen molar-refractivity contribution in [2.24, 2.45) is 5.73 Å². The number of carbonyl (C=O) groups is 2. The van der Waals surface area contributed by atoms with Crippen LogP contribution in [0.25, 0.3) is 10.9 Å². The Balaban J connectivity index is 0.000000676. The number of aromatic nitrogens is 2. The van der Waals surface area contributed by atoms with Gasteiger partial charge in [-0.1, -0.05) is 41.9 Å². The van der Waals surface area contributed by atoms with Gasteiger partial charge in [0, 0.05) is 13.5 Å². The van der Waals surface area contributed by atoms with Gasteiger partial charge < -0.3 is 20.3 Å². The number of aliphatic carboxylic acids is 1. The minimum absolute atomic E-state index is 0.0460. The Morgan fingerprint density at radius 1 is 1.11 bits per heavy atom. The maximum absolute atomic E-state index is 13.1. The smallest absolute Gasteiger partial charge is 0.490 e. The average Bonchev–Trinajstić information content (AvgIpc) is 3.55. The van der Waals surface area contributed by atoms with Crippen LogP contribution in [0.15, 0.2) is 58.8 Å². The molecule has 10 nitrogen and oxygen atoms in total. The molecule has 0 saturated heterocycles. The van der Waals surface area contributed by atoms with E-state index in [1.807, 2.05) is 36.4 Å². The van der Waals surface area contributed by atoms with Crippen molar-refractivity contribution < 1.29 is 45.8 Å². The minimum Gasteiger partial charge on any atom is -0.496 e. The van der Waals surface area contributed by atoms with Crippen LogP contribution in [0.5, 0.6) is 5.75 Å². The molecule has 238 valence electrons. The molecule has 44 heavy (non-hydrogen) atoms. The molecule has 0 spiro atoms. The number of methoxy groups -OCH3 is 2. The molecular formula is C28H29ClF3N3O7S2. The summed E-state index contributed by atoms with van der Waals surface area (Å²) in [7, 11) is -0.584. The molecule has 0 fully saturated rings. The Labute approximate surface area is 260 Å². The minimum atomic E-state index is -5.08. The molecular weight excluding hydrogens is 647 g/mol. The van der Waals surface area contributed by atoms with E-state index in [0.717, 1.165) is 28.0 Å². The largest absolute Gasteiger partial charge is 0.496 e. The van der Waals surface area contributed by atoms with Gasteiger partial charge in [-0.2, -0.15) is 18.3 Å². The van der Waals surface area contributed by atoms with Crippen LogP contribution in [-0.4, -0.2) is 68.1 Å². The van der Waals surface area contributed by atoms with Crippen LogP contribution >= 0.6 is 22.9 Å². The summed E-state index contributed by atoms with van der Waals surface area (Å²) >= 11 is 7.00. The van der Waals surface area contributed by atoms with Gasteiger partial charge in [-0.25, -0.2) is 13.2 Å². The number of aryl methyl sites for hydroxylation is 1. The first kappa shape index (κ1) is 35.0. The summed E-state index contributed by atoms with van der Waals surface area (Å²) in [5.41, 5.74) is 8.98. The standard InChI is InChI=1S/C26H28ClN3O5S2.C2HF3O2/c1-34-15-19(28)22(31)10-9-17-5-3-6-18(13-17)14-30-21-7-4-8-23(35-2)26(21)20(29-30)16-37(32,33)25-12-11-24(27)36-25;3-2(4,5)1(6)7/h3-8,11-13,19H,9-10,14-16,28H2,1-2H3;(H,6,7).